The topological polar surface area (TPSA) is 73.5 Å². The zero-order chi connectivity index (χ0) is 23.4. The van der Waals surface area contributed by atoms with Gasteiger partial charge in [-0.25, -0.2) is 4.79 Å². The number of fused-ring (bicyclic) bond motifs is 1. The molecule has 33 heavy (non-hydrogen) atoms. The zero-order valence-electron chi connectivity index (χ0n) is 17.2. The van der Waals surface area contributed by atoms with Crippen LogP contribution in [0, 0.1) is 0 Å². The number of rotatable bonds is 8. The fourth-order valence-electron chi connectivity index (χ4n) is 3.54. The van der Waals surface area contributed by atoms with Crippen LogP contribution in [0.1, 0.15) is 23.6 Å². The van der Waals surface area contributed by atoms with Crippen LogP contribution >= 0.6 is 11.6 Å². The van der Waals surface area contributed by atoms with Gasteiger partial charge in [-0.1, -0.05) is 54.1 Å². The Kier molecular flexibility index (Phi) is 6.74. The molecule has 4 aromatic rings. The van der Waals surface area contributed by atoms with Crippen LogP contribution in [-0.2, 0) is 11.3 Å². The minimum Gasteiger partial charge on any atom is -0.435 e. The summed E-state index contributed by atoms with van der Waals surface area (Å²) in [6, 6.07) is 19.6. The van der Waals surface area contributed by atoms with Gasteiger partial charge in [-0.05, 0) is 35.4 Å². The van der Waals surface area contributed by atoms with Crippen molar-refractivity contribution in [1.82, 2.24) is 9.88 Å². The lowest BCUT2D eigenvalue weighted by atomic mass is 9.98. The van der Waals surface area contributed by atoms with E-state index in [0.717, 1.165) is 5.56 Å². The van der Waals surface area contributed by atoms with Crippen LogP contribution in [-0.4, -0.2) is 17.1 Å². The molecule has 0 aliphatic carbocycles. The van der Waals surface area contributed by atoms with E-state index in [1.807, 2.05) is 30.3 Å². The molecule has 0 saturated carbocycles. The van der Waals surface area contributed by atoms with Crippen molar-refractivity contribution in [1.29, 1.82) is 0 Å². The molecule has 0 aliphatic rings. The van der Waals surface area contributed by atoms with Gasteiger partial charge in [0.25, 0.3) is 0 Å². The van der Waals surface area contributed by atoms with Crippen molar-refractivity contribution < 1.29 is 22.7 Å². The molecule has 9 heteroatoms. The summed E-state index contributed by atoms with van der Waals surface area (Å²) in [7, 11) is 0. The average Bonchev–Trinajstić information content (AvgIpc) is 3.10. The van der Waals surface area contributed by atoms with Gasteiger partial charge < -0.3 is 14.5 Å². The van der Waals surface area contributed by atoms with E-state index >= 15 is 0 Å². The third-order valence-electron chi connectivity index (χ3n) is 5.07. The van der Waals surface area contributed by atoms with Gasteiger partial charge in [-0.3, -0.25) is 9.36 Å². The predicted molar refractivity (Wildman–Crippen MR) is 120 cm³/mol. The SMILES string of the molecule is O=C(CCn1c(=O)oc2cc(Cl)ccc21)NC(c1ccccc1)c1ccc(OC(F)F)cc1. The minimum absolute atomic E-state index is 0.0209. The van der Waals surface area contributed by atoms with Crippen LogP contribution in [0.15, 0.2) is 82.0 Å². The fraction of sp³-hybridized carbons (Fsp3) is 0.167. The third kappa shape index (κ3) is 5.40. The lowest BCUT2D eigenvalue weighted by Gasteiger charge is -2.20. The number of carbonyl (C=O) groups is 1. The molecule has 1 amide bonds. The Bertz CT molecular complexity index is 1300. The Morgan fingerprint density at radius 3 is 2.42 bits per heavy atom. The quantitative estimate of drug-likeness (QED) is 0.385. The molecule has 6 nitrogen and oxygen atoms in total. The molecule has 1 aromatic heterocycles. The highest BCUT2D eigenvalue weighted by molar-refractivity contribution is 6.31. The van der Waals surface area contributed by atoms with Gasteiger partial charge in [-0.2, -0.15) is 8.78 Å². The number of aromatic nitrogens is 1. The number of alkyl halides is 2. The molecule has 1 heterocycles. The largest absolute Gasteiger partial charge is 0.435 e. The smallest absolute Gasteiger partial charge is 0.419 e. The zero-order valence-corrected chi connectivity index (χ0v) is 18.0. The molecule has 1 unspecified atom stereocenters. The van der Waals surface area contributed by atoms with Gasteiger partial charge in [-0.15, -0.1) is 0 Å². The number of benzene rings is 3. The van der Waals surface area contributed by atoms with E-state index in [4.69, 9.17) is 16.0 Å². The average molecular weight is 473 g/mol. The normalized spacial score (nSPS) is 12.1. The molecule has 1 N–H and O–H groups in total. The van der Waals surface area contributed by atoms with Crippen molar-refractivity contribution in [3.8, 4) is 5.75 Å². The Morgan fingerprint density at radius 1 is 1.03 bits per heavy atom. The maximum atomic E-state index is 12.8. The van der Waals surface area contributed by atoms with Crippen molar-refractivity contribution in [2.75, 3.05) is 0 Å². The molecular formula is C24H19ClF2N2O4. The molecule has 0 bridgehead atoms. The van der Waals surface area contributed by atoms with Crippen molar-refractivity contribution in [3.05, 3.63) is 99.5 Å². The monoisotopic (exact) mass is 472 g/mol. The van der Waals surface area contributed by atoms with Crippen LogP contribution in [0.4, 0.5) is 8.78 Å². The van der Waals surface area contributed by atoms with E-state index < -0.39 is 18.4 Å². The molecule has 0 spiro atoms. The van der Waals surface area contributed by atoms with Gasteiger partial charge >= 0.3 is 12.4 Å². The maximum Gasteiger partial charge on any atom is 0.419 e. The molecule has 1 atom stereocenters. The lowest BCUT2D eigenvalue weighted by molar-refractivity contribution is -0.121. The van der Waals surface area contributed by atoms with Crippen LogP contribution in [0.5, 0.6) is 5.75 Å². The number of halogens is 3. The highest BCUT2D eigenvalue weighted by Crippen LogP contribution is 2.25. The number of nitrogens with zero attached hydrogens (tertiary/aromatic N) is 1. The molecule has 4 rings (SSSR count). The molecule has 0 fully saturated rings. The number of oxazole rings is 1. The van der Waals surface area contributed by atoms with Crippen LogP contribution in [0.2, 0.25) is 5.02 Å². The summed E-state index contributed by atoms with van der Waals surface area (Å²) in [6.07, 6.45) is 0.0209. The Labute approximate surface area is 192 Å². The summed E-state index contributed by atoms with van der Waals surface area (Å²) in [5, 5.41) is 3.40. The summed E-state index contributed by atoms with van der Waals surface area (Å²) in [4.78, 5) is 25.0. The predicted octanol–water partition coefficient (Wildman–Crippen LogP) is 5.15. The van der Waals surface area contributed by atoms with Gasteiger partial charge in [0.2, 0.25) is 5.91 Å². The summed E-state index contributed by atoms with van der Waals surface area (Å²) in [5.74, 6) is -0.848. The Morgan fingerprint density at radius 2 is 1.73 bits per heavy atom. The highest BCUT2D eigenvalue weighted by atomic mass is 35.5. The molecule has 0 saturated heterocycles. The van der Waals surface area contributed by atoms with Crippen LogP contribution < -0.4 is 15.8 Å². The first-order valence-corrected chi connectivity index (χ1v) is 10.5. The molecule has 0 radical (unpaired) electrons. The van der Waals surface area contributed by atoms with Crippen molar-refractivity contribution in [2.45, 2.75) is 25.6 Å². The molecular weight excluding hydrogens is 454 g/mol. The summed E-state index contributed by atoms with van der Waals surface area (Å²) in [6.45, 7) is -2.80. The number of carbonyl (C=O) groups excluding carboxylic acids is 1. The summed E-state index contributed by atoms with van der Waals surface area (Å²) < 4.78 is 35.9. The first-order chi connectivity index (χ1) is 15.9. The second-order valence-electron chi connectivity index (χ2n) is 7.24. The van der Waals surface area contributed by atoms with Crippen molar-refractivity contribution in [3.63, 3.8) is 0 Å². The number of amides is 1. The number of hydrogen-bond acceptors (Lipinski definition) is 4. The number of hydrogen-bond donors (Lipinski definition) is 1. The first-order valence-electron chi connectivity index (χ1n) is 10.1. The lowest BCUT2D eigenvalue weighted by Crippen LogP contribution is -2.30. The number of aryl methyl sites for hydroxylation is 1. The van der Waals surface area contributed by atoms with Gasteiger partial charge in [0.15, 0.2) is 5.58 Å². The van der Waals surface area contributed by atoms with Gasteiger partial charge in [0.05, 0.1) is 11.6 Å². The van der Waals surface area contributed by atoms with Crippen LogP contribution in [0.25, 0.3) is 11.1 Å². The third-order valence-corrected chi connectivity index (χ3v) is 5.30. The van der Waals surface area contributed by atoms with Gasteiger partial charge in [0, 0.05) is 24.1 Å². The Balaban J connectivity index is 1.51. The van der Waals surface area contributed by atoms with E-state index in [-0.39, 0.29) is 24.6 Å². The second kappa shape index (κ2) is 9.87. The Hall–Kier alpha value is -3.65. The molecule has 170 valence electrons. The molecule has 0 aliphatic heterocycles. The number of nitrogens with one attached hydrogen (secondary N) is 1. The first kappa shape index (κ1) is 22.5. The van der Waals surface area contributed by atoms with Gasteiger partial charge in [0.1, 0.15) is 5.75 Å². The van der Waals surface area contributed by atoms with E-state index in [2.05, 4.69) is 10.1 Å². The summed E-state index contributed by atoms with van der Waals surface area (Å²) >= 11 is 5.94. The molecule has 3 aromatic carbocycles. The highest BCUT2D eigenvalue weighted by Gasteiger charge is 2.18. The van der Waals surface area contributed by atoms with E-state index in [9.17, 15) is 18.4 Å². The second-order valence-corrected chi connectivity index (χ2v) is 7.68. The fourth-order valence-corrected chi connectivity index (χ4v) is 3.71. The van der Waals surface area contributed by atoms with Crippen molar-refractivity contribution in [2.24, 2.45) is 0 Å². The van der Waals surface area contributed by atoms with E-state index in [1.54, 1.807) is 30.3 Å². The van der Waals surface area contributed by atoms with E-state index in [1.165, 1.54) is 16.7 Å². The van der Waals surface area contributed by atoms with E-state index in [0.29, 0.717) is 21.7 Å². The standard InChI is InChI=1S/C24H19ClF2N2O4/c25-17-8-11-19-20(14-17)33-24(31)29(19)13-12-21(30)28-22(15-4-2-1-3-5-15)16-6-9-18(10-7-16)32-23(26)27/h1-11,14,22-23H,12-13H2,(H,28,30). The van der Waals surface area contributed by atoms with Crippen LogP contribution in [0.3, 0.4) is 0 Å². The minimum atomic E-state index is -2.92. The van der Waals surface area contributed by atoms with Crippen molar-refractivity contribution >= 4 is 28.6 Å². The maximum absolute atomic E-state index is 12.8. The summed E-state index contributed by atoms with van der Waals surface area (Å²) in [5.41, 5.74) is 2.40. The number of ether oxygens (including phenoxy) is 1.